The molecule has 0 bridgehead atoms. The predicted octanol–water partition coefficient (Wildman–Crippen LogP) is 0.879. The predicted molar refractivity (Wildman–Crippen MR) is 49.6 cm³/mol. The van der Waals surface area contributed by atoms with Gasteiger partial charge in [-0.1, -0.05) is 12.1 Å². The smallest absolute Gasteiger partial charge is 0.257 e. The summed E-state index contributed by atoms with van der Waals surface area (Å²) in [6.07, 6.45) is -0.563. The lowest BCUT2D eigenvalue weighted by Crippen LogP contribution is -2.21. The average Bonchev–Trinajstić information content (AvgIpc) is 2.48. The minimum atomic E-state index is -0.563. The number of hydrogen-bond donors (Lipinski definition) is 1. The topological polar surface area (TPSA) is 49.8 Å². The number of phenolic OH excluding ortho intramolecular Hbond substituents is 1. The van der Waals surface area contributed by atoms with E-state index in [2.05, 4.69) is 0 Å². The number of hydrogen-bond acceptors (Lipinski definition) is 3. The lowest BCUT2D eigenvalue weighted by Gasteiger charge is -2.08. The van der Waals surface area contributed by atoms with Gasteiger partial charge in [-0.25, -0.2) is 0 Å². The Labute approximate surface area is 81.7 Å². The zero-order chi connectivity index (χ0) is 10.1. The molecule has 0 spiro atoms. The van der Waals surface area contributed by atoms with E-state index >= 15 is 0 Å². The van der Waals surface area contributed by atoms with E-state index in [4.69, 9.17) is 4.74 Å². The molecular formula is C10H11NO3. The summed E-state index contributed by atoms with van der Waals surface area (Å²) in [6.45, 7) is 0.305. The van der Waals surface area contributed by atoms with Crippen molar-refractivity contribution in [2.24, 2.45) is 0 Å². The van der Waals surface area contributed by atoms with Crippen molar-refractivity contribution < 1.29 is 14.6 Å². The fraction of sp³-hybridized carbons (Fsp3) is 0.300. The minimum Gasteiger partial charge on any atom is -0.508 e. The van der Waals surface area contributed by atoms with E-state index in [1.54, 1.807) is 31.3 Å². The molecule has 74 valence electrons. The number of benzene rings is 1. The molecule has 1 aromatic carbocycles. The van der Waals surface area contributed by atoms with Crippen molar-refractivity contribution in [1.29, 1.82) is 0 Å². The van der Waals surface area contributed by atoms with Gasteiger partial charge in [0.25, 0.3) is 5.91 Å². The molecule has 1 N–H and O–H groups in total. The highest BCUT2D eigenvalue weighted by Gasteiger charge is 2.31. The molecule has 0 radical (unpaired) electrons. The molecule has 1 aliphatic heterocycles. The first kappa shape index (κ1) is 9.02. The molecule has 4 nitrogen and oxygen atoms in total. The second kappa shape index (κ2) is 3.31. The molecule has 1 aromatic rings. The van der Waals surface area contributed by atoms with Gasteiger partial charge in [-0.05, 0) is 17.7 Å². The molecule has 0 saturated carbocycles. The van der Waals surface area contributed by atoms with Gasteiger partial charge >= 0.3 is 0 Å². The Bertz CT molecular complexity index is 364. The van der Waals surface area contributed by atoms with Gasteiger partial charge in [0.15, 0.2) is 6.10 Å². The second-order valence-electron chi connectivity index (χ2n) is 3.31. The van der Waals surface area contributed by atoms with Gasteiger partial charge in [0.05, 0.1) is 0 Å². The third-order valence-corrected chi connectivity index (χ3v) is 2.21. The summed E-state index contributed by atoms with van der Waals surface area (Å²) in [4.78, 5) is 13.0. The van der Waals surface area contributed by atoms with Crippen LogP contribution in [0.25, 0.3) is 0 Å². The lowest BCUT2D eigenvalue weighted by atomic mass is 10.1. The van der Waals surface area contributed by atoms with E-state index in [1.807, 2.05) is 0 Å². The molecule has 0 aliphatic carbocycles. The molecule has 1 amide bonds. The van der Waals surface area contributed by atoms with Crippen LogP contribution in [0.2, 0.25) is 0 Å². The van der Waals surface area contributed by atoms with E-state index in [0.717, 1.165) is 0 Å². The Kier molecular flexibility index (Phi) is 2.13. The summed E-state index contributed by atoms with van der Waals surface area (Å²) in [5, 5.41) is 9.25. The summed E-state index contributed by atoms with van der Waals surface area (Å²) < 4.78 is 5.28. The number of rotatable bonds is 1. The molecule has 1 aliphatic rings. The average molecular weight is 193 g/mol. The van der Waals surface area contributed by atoms with E-state index in [1.165, 1.54) is 4.90 Å². The van der Waals surface area contributed by atoms with Crippen LogP contribution >= 0.6 is 0 Å². The number of carbonyl (C=O) groups excluding carboxylic acids is 1. The standard InChI is InChI=1S/C10H11NO3/c1-11-6-14-9(10(11)13)7-3-2-4-8(12)5-7/h2-5,9,12H,6H2,1H3. The van der Waals surface area contributed by atoms with Gasteiger partial charge in [-0.3, -0.25) is 4.79 Å². The van der Waals surface area contributed by atoms with Crippen LogP contribution in [0.3, 0.4) is 0 Å². The van der Waals surface area contributed by atoms with Gasteiger partial charge in [-0.2, -0.15) is 0 Å². The van der Waals surface area contributed by atoms with Crippen molar-refractivity contribution in [3.05, 3.63) is 29.8 Å². The molecule has 14 heavy (non-hydrogen) atoms. The molecule has 1 saturated heterocycles. The van der Waals surface area contributed by atoms with Crippen molar-refractivity contribution >= 4 is 5.91 Å². The van der Waals surface area contributed by atoms with E-state index < -0.39 is 6.10 Å². The third kappa shape index (κ3) is 1.44. The number of carbonyl (C=O) groups is 1. The largest absolute Gasteiger partial charge is 0.508 e. The van der Waals surface area contributed by atoms with Crippen LogP contribution < -0.4 is 0 Å². The van der Waals surface area contributed by atoms with Gasteiger partial charge in [0.1, 0.15) is 12.5 Å². The Morgan fingerprint density at radius 2 is 2.36 bits per heavy atom. The monoisotopic (exact) mass is 193 g/mol. The van der Waals surface area contributed by atoms with Crippen LogP contribution in [0.15, 0.2) is 24.3 Å². The van der Waals surface area contributed by atoms with Crippen LogP contribution in [0, 0.1) is 0 Å². The van der Waals surface area contributed by atoms with Gasteiger partial charge in [-0.15, -0.1) is 0 Å². The number of phenols is 1. The van der Waals surface area contributed by atoms with Crippen molar-refractivity contribution in [2.75, 3.05) is 13.8 Å². The van der Waals surface area contributed by atoms with Crippen molar-refractivity contribution in [3.8, 4) is 5.75 Å². The van der Waals surface area contributed by atoms with Crippen LogP contribution in [-0.2, 0) is 9.53 Å². The maximum Gasteiger partial charge on any atom is 0.257 e. The first-order valence-corrected chi connectivity index (χ1v) is 4.34. The zero-order valence-electron chi connectivity index (χ0n) is 7.80. The maximum absolute atomic E-state index is 11.5. The number of likely N-dealkylation sites (N-methyl/N-ethyl adjacent to an activating group) is 1. The van der Waals surface area contributed by atoms with Crippen molar-refractivity contribution in [2.45, 2.75) is 6.10 Å². The number of ether oxygens (including phenoxy) is 1. The Morgan fingerprint density at radius 1 is 1.57 bits per heavy atom. The number of amides is 1. The van der Waals surface area contributed by atoms with Crippen molar-refractivity contribution in [1.82, 2.24) is 4.90 Å². The maximum atomic E-state index is 11.5. The normalized spacial score (nSPS) is 21.6. The third-order valence-electron chi connectivity index (χ3n) is 2.21. The second-order valence-corrected chi connectivity index (χ2v) is 3.31. The summed E-state index contributed by atoms with van der Waals surface area (Å²) in [7, 11) is 1.69. The fourth-order valence-corrected chi connectivity index (χ4v) is 1.45. The molecule has 1 unspecified atom stereocenters. The van der Waals surface area contributed by atoms with E-state index in [0.29, 0.717) is 12.3 Å². The highest BCUT2D eigenvalue weighted by molar-refractivity contribution is 5.83. The van der Waals surface area contributed by atoms with Crippen LogP contribution in [0.5, 0.6) is 5.75 Å². The van der Waals surface area contributed by atoms with Crippen LogP contribution in [-0.4, -0.2) is 29.7 Å². The number of aromatic hydroxyl groups is 1. The molecule has 4 heteroatoms. The zero-order valence-corrected chi connectivity index (χ0v) is 7.80. The first-order valence-electron chi connectivity index (χ1n) is 4.34. The molecule has 0 aromatic heterocycles. The fourth-order valence-electron chi connectivity index (χ4n) is 1.45. The Hall–Kier alpha value is -1.55. The summed E-state index contributed by atoms with van der Waals surface area (Å²) in [6, 6.07) is 6.56. The van der Waals surface area contributed by atoms with Gasteiger partial charge < -0.3 is 14.7 Å². The SMILES string of the molecule is CN1COC(c2cccc(O)c2)C1=O. The minimum absolute atomic E-state index is 0.0735. The van der Waals surface area contributed by atoms with Gasteiger partial charge in [0, 0.05) is 7.05 Å². The van der Waals surface area contributed by atoms with Crippen LogP contribution in [0.1, 0.15) is 11.7 Å². The summed E-state index contributed by atoms with van der Waals surface area (Å²) in [5.74, 6) is 0.0732. The highest BCUT2D eigenvalue weighted by Crippen LogP contribution is 2.26. The first-order chi connectivity index (χ1) is 6.68. The highest BCUT2D eigenvalue weighted by atomic mass is 16.5. The van der Waals surface area contributed by atoms with Crippen molar-refractivity contribution in [3.63, 3.8) is 0 Å². The van der Waals surface area contributed by atoms with Gasteiger partial charge in [0.2, 0.25) is 0 Å². The quantitative estimate of drug-likeness (QED) is 0.720. The lowest BCUT2D eigenvalue weighted by molar-refractivity contribution is -0.129. The number of nitrogens with zero attached hydrogens (tertiary/aromatic N) is 1. The van der Waals surface area contributed by atoms with E-state index in [-0.39, 0.29) is 11.7 Å². The Morgan fingerprint density at radius 3 is 2.93 bits per heavy atom. The Balaban J connectivity index is 2.28. The molecule has 1 atom stereocenters. The molecule has 2 rings (SSSR count). The molecule has 1 heterocycles. The molecular weight excluding hydrogens is 182 g/mol. The van der Waals surface area contributed by atoms with Crippen LogP contribution in [0.4, 0.5) is 0 Å². The summed E-state index contributed by atoms with van der Waals surface area (Å²) >= 11 is 0. The molecule has 1 fully saturated rings. The summed E-state index contributed by atoms with van der Waals surface area (Å²) in [5.41, 5.74) is 0.694. The van der Waals surface area contributed by atoms with E-state index in [9.17, 15) is 9.90 Å².